The Hall–Kier alpha value is -3.89. The summed E-state index contributed by atoms with van der Waals surface area (Å²) in [5, 5.41) is 4.79. The third-order valence-electron chi connectivity index (χ3n) is 4.77. The van der Waals surface area contributed by atoms with Crippen LogP contribution in [0.25, 0.3) is 22.1 Å². The summed E-state index contributed by atoms with van der Waals surface area (Å²) in [6.45, 7) is 0. The van der Waals surface area contributed by atoms with E-state index < -0.39 is 11.6 Å². The van der Waals surface area contributed by atoms with Crippen molar-refractivity contribution in [1.82, 2.24) is 15.1 Å². The predicted molar refractivity (Wildman–Crippen MR) is 127 cm³/mol. The Kier molecular flexibility index (Phi) is 5.91. The number of nitrogen functional groups attached to an aromatic ring is 1. The van der Waals surface area contributed by atoms with Crippen LogP contribution in [0, 0.1) is 11.6 Å². The number of fused-ring (bicyclic) bond motifs is 1. The van der Waals surface area contributed by atoms with Gasteiger partial charge in [-0.25, -0.2) is 18.7 Å². The second-order valence-electron chi connectivity index (χ2n) is 7.01. The van der Waals surface area contributed by atoms with Crippen LogP contribution in [-0.2, 0) is 0 Å². The van der Waals surface area contributed by atoms with Gasteiger partial charge in [-0.2, -0.15) is 0 Å². The number of benzene rings is 3. The third-order valence-corrected chi connectivity index (χ3v) is 5.83. The maximum absolute atomic E-state index is 14.8. The molecule has 3 N–H and O–H groups in total. The highest BCUT2D eigenvalue weighted by Crippen LogP contribution is 2.39. The van der Waals surface area contributed by atoms with Crippen molar-refractivity contribution in [2.45, 2.75) is 4.90 Å². The molecule has 170 valence electrons. The van der Waals surface area contributed by atoms with Crippen LogP contribution in [0.2, 0.25) is 5.02 Å². The van der Waals surface area contributed by atoms with E-state index in [-0.39, 0.29) is 28.2 Å². The van der Waals surface area contributed by atoms with Crippen molar-refractivity contribution < 1.29 is 18.0 Å². The molecular weight excluding hydrogens is 484 g/mol. The van der Waals surface area contributed by atoms with Gasteiger partial charge < -0.3 is 15.0 Å². The van der Waals surface area contributed by atoms with Crippen LogP contribution in [0.1, 0.15) is 0 Å². The molecule has 0 fully saturated rings. The molecule has 0 saturated carbocycles. The Balaban J connectivity index is 1.45. The minimum absolute atomic E-state index is 0.0158. The maximum atomic E-state index is 14.8. The average molecular weight is 498 g/mol. The zero-order valence-electron chi connectivity index (χ0n) is 17.1. The van der Waals surface area contributed by atoms with E-state index in [0.29, 0.717) is 27.1 Å². The Morgan fingerprint density at radius 3 is 2.62 bits per heavy atom. The Bertz CT molecular complexity index is 1500. The first-order valence-electron chi connectivity index (χ1n) is 9.79. The number of rotatable bonds is 6. The van der Waals surface area contributed by atoms with E-state index in [0.717, 1.165) is 24.1 Å². The van der Waals surface area contributed by atoms with Gasteiger partial charge in [0.2, 0.25) is 5.95 Å². The van der Waals surface area contributed by atoms with Gasteiger partial charge in [-0.15, -0.1) is 0 Å². The molecule has 0 aliphatic carbocycles. The fourth-order valence-corrected chi connectivity index (χ4v) is 3.98. The highest BCUT2D eigenvalue weighted by Gasteiger charge is 2.17. The first kappa shape index (κ1) is 21.9. The maximum Gasteiger partial charge on any atom is 0.233 e. The molecule has 2 aromatic heterocycles. The van der Waals surface area contributed by atoms with Crippen molar-refractivity contribution in [1.29, 1.82) is 0 Å². The van der Waals surface area contributed by atoms with Gasteiger partial charge in [-0.05, 0) is 60.0 Å². The number of hydrogen-bond donors (Lipinski definition) is 2. The number of nitrogens with one attached hydrogen (secondary N) is 1. The highest BCUT2D eigenvalue weighted by atomic mass is 35.5. The van der Waals surface area contributed by atoms with Gasteiger partial charge in [0.1, 0.15) is 11.6 Å². The molecule has 0 aliphatic heterocycles. The molecule has 0 spiro atoms. The first-order chi connectivity index (χ1) is 16.5. The standard InChI is InChI=1S/C23H14ClF2N5O2S/c24-13-3-5-18(14(9-13)12-2-4-19-15(8-12)22(27)30-33-19)32-20-10-17(26)21(11-16(20)25)34-31-23-28-6-1-7-29-23/h1-11H,(H2,27,30)(H,28,29,31). The molecule has 0 radical (unpaired) electrons. The molecule has 0 bridgehead atoms. The highest BCUT2D eigenvalue weighted by molar-refractivity contribution is 8.00. The van der Waals surface area contributed by atoms with Gasteiger partial charge in [-0.1, -0.05) is 22.8 Å². The fraction of sp³-hybridized carbons (Fsp3) is 0. The van der Waals surface area contributed by atoms with Gasteiger partial charge in [-0.3, -0.25) is 4.72 Å². The monoisotopic (exact) mass is 497 g/mol. The summed E-state index contributed by atoms with van der Waals surface area (Å²) in [5.41, 5.74) is 7.61. The zero-order chi connectivity index (χ0) is 23.7. The summed E-state index contributed by atoms with van der Waals surface area (Å²) in [5.74, 6) is -0.945. The van der Waals surface area contributed by atoms with E-state index in [1.807, 2.05) is 0 Å². The zero-order valence-corrected chi connectivity index (χ0v) is 18.7. The summed E-state index contributed by atoms with van der Waals surface area (Å²) in [4.78, 5) is 7.96. The number of halogens is 3. The van der Waals surface area contributed by atoms with Gasteiger partial charge in [0.15, 0.2) is 23.0 Å². The van der Waals surface area contributed by atoms with E-state index in [9.17, 15) is 8.78 Å². The van der Waals surface area contributed by atoms with Gasteiger partial charge in [0, 0.05) is 29.0 Å². The third kappa shape index (κ3) is 4.45. The van der Waals surface area contributed by atoms with Crippen LogP contribution in [0.15, 0.2) is 76.4 Å². The Morgan fingerprint density at radius 2 is 1.79 bits per heavy atom. The molecule has 5 rings (SSSR count). The molecule has 0 saturated heterocycles. The topological polar surface area (TPSA) is 99.1 Å². The lowest BCUT2D eigenvalue weighted by Crippen LogP contribution is -1.97. The van der Waals surface area contributed by atoms with E-state index >= 15 is 0 Å². The summed E-state index contributed by atoms with van der Waals surface area (Å²) in [7, 11) is 0. The van der Waals surface area contributed by atoms with Gasteiger partial charge in [0.05, 0.1) is 10.3 Å². The van der Waals surface area contributed by atoms with Crippen molar-refractivity contribution in [3.05, 3.63) is 83.6 Å². The van der Waals surface area contributed by atoms with Crippen LogP contribution >= 0.6 is 23.5 Å². The van der Waals surface area contributed by atoms with Gasteiger partial charge in [0.25, 0.3) is 0 Å². The summed E-state index contributed by atoms with van der Waals surface area (Å²) >= 11 is 7.04. The van der Waals surface area contributed by atoms with E-state index in [1.54, 1.807) is 42.5 Å². The van der Waals surface area contributed by atoms with Crippen LogP contribution < -0.4 is 15.2 Å². The van der Waals surface area contributed by atoms with Crippen molar-refractivity contribution in [3.8, 4) is 22.6 Å². The quantitative estimate of drug-likeness (QED) is 0.250. The van der Waals surface area contributed by atoms with Crippen LogP contribution in [0.5, 0.6) is 11.5 Å². The molecule has 34 heavy (non-hydrogen) atoms. The van der Waals surface area contributed by atoms with Gasteiger partial charge >= 0.3 is 0 Å². The molecule has 11 heteroatoms. The second-order valence-corrected chi connectivity index (χ2v) is 8.30. The normalized spacial score (nSPS) is 11.0. The molecule has 0 aliphatic rings. The molecule has 0 atom stereocenters. The lowest BCUT2D eigenvalue weighted by molar-refractivity contribution is 0.434. The number of nitrogens with two attached hydrogens (primary N) is 1. The van der Waals surface area contributed by atoms with E-state index in [1.165, 1.54) is 12.4 Å². The van der Waals surface area contributed by atoms with Crippen molar-refractivity contribution in [2.75, 3.05) is 10.5 Å². The van der Waals surface area contributed by atoms with Crippen LogP contribution in [-0.4, -0.2) is 15.1 Å². The average Bonchev–Trinajstić information content (AvgIpc) is 3.22. The molecule has 0 unspecified atom stereocenters. The number of nitrogens with zero attached hydrogens (tertiary/aromatic N) is 3. The summed E-state index contributed by atoms with van der Waals surface area (Å²) in [6, 6.07) is 13.7. The molecule has 0 amide bonds. The Morgan fingerprint density at radius 1 is 0.971 bits per heavy atom. The number of ether oxygens (including phenoxy) is 1. The lowest BCUT2D eigenvalue weighted by Gasteiger charge is -2.14. The van der Waals surface area contributed by atoms with E-state index in [4.69, 9.17) is 26.6 Å². The number of anilines is 2. The summed E-state index contributed by atoms with van der Waals surface area (Å²) < 4.78 is 43.2. The number of aromatic nitrogens is 3. The lowest BCUT2D eigenvalue weighted by atomic mass is 10.0. The molecule has 7 nitrogen and oxygen atoms in total. The van der Waals surface area contributed by atoms with Crippen molar-refractivity contribution in [3.63, 3.8) is 0 Å². The predicted octanol–water partition coefficient (Wildman–Crippen LogP) is 6.71. The van der Waals surface area contributed by atoms with Crippen LogP contribution in [0.4, 0.5) is 20.5 Å². The molecule has 3 aromatic carbocycles. The van der Waals surface area contributed by atoms with Crippen molar-refractivity contribution >= 4 is 46.3 Å². The largest absolute Gasteiger partial charge is 0.454 e. The minimum atomic E-state index is -0.751. The fourth-order valence-electron chi connectivity index (χ4n) is 3.18. The smallest absolute Gasteiger partial charge is 0.233 e. The summed E-state index contributed by atoms with van der Waals surface area (Å²) in [6.07, 6.45) is 3.06. The molecule has 2 heterocycles. The van der Waals surface area contributed by atoms with Crippen LogP contribution in [0.3, 0.4) is 0 Å². The van der Waals surface area contributed by atoms with Crippen molar-refractivity contribution in [2.24, 2.45) is 0 Å². The number of hydrogen-bond acceptors (Lipinski definition) is 8. The molecular formula is C23H14ClF2N5O2S. The SMILES string of the molecule is Nc1noc2ccc(-c3cc(Cl)ccc3Oc3cc(F)c(SNc4ncccn4)cc3F)cc12. The first-order valence-corrected chi connectivity index (χ1v) is 11.0. The Labute approximate surface area is 201 Å². The molecule has 5 aromatic rings. The minimum Gasteiger partial charge on any atom is -0.454 e. The second kappa shape index (κ2) is 9.16. The van der Waals surface area contributed by atoms with E-state index in [2.05, 4.69) is 19.8 Å².